The first-order chi connectivity index (χ1) is 7.35. The van der Waals surface area contributed by atoms with Crippen molar-refractivity contribution in [2.45, 2.75) is 70.5 Å². The van der Waals surface area contributed by atoms with Crippen molar-refractivity contribution in [1.82, 2.24) is 10.2 Å². The first kappa shape index (κ1) is 11.4. The lowest BCUT2D eigenvalue weighted by Gasteiger charge is -2.37. The van der Waals surface area contributed by atoms with E-state index in [-0.39, 0.29) is 0 Å². The second-order valence-corrected chi connectivity index (χ2v) is 5.14. The van der Waals surface area contributed by atoms with Gasteiger partial charge in [-0.15, -0.1) is 0 Å². The van der Waals surface area contributed by atoms with E-state index in [1.165, 1.54) is 45.1 Å². The highest BCUT2D eigenvalue weighted by atomic mass is 15.2. The predicted octanol–water partition coefficient (Wildman–Crippen LogP) is 2.39. The van der Waals surface area contributed by atoms with E-state index in [4.69, 9.17) is 0 Å². The molecule has 0 amide bonds. The quantitative estimate of drug-likeness (QED) is 0.749. The number of rotatable bonds is 5. The molecule has 2 heteroatoms. The maximum Gasteiger partial charge on any atom is 0.0113 e. The highest BCUT2D eigenvalue weighted by Crippen LogP contribution is 2.33. The van der Waals surface area contributed by atoms with Gasteiger partial charge in [0.1, 0.15) is 0 Å². The van der Waals surface area contributed by atoms with Gasteiger partial charge in [0.2, 0.25) is 0 Å². The minimum absolute atomic E-state index is 0.793. The van der Waals surface area contributed by atoms with Gasteiger partial charge in [-0.2, -0.15) is 0 Å². The van der Waals surface area contributed by atoms with Crippen LogP contribution in [0.15, 0.2) is 0 Å². The maximum absolute atomic E-state index is 3.63. The molecular formula is C13H26N2. The summed E-state index contributed by atoms with van der Waals surface area (Å²) in [5.74, 6) is 0. The van der Waals surface area contributed by atoms with Crippen molar-refractivity contribution in [1.29, 1.82) is 0 Å². The molecule has 15 heavy (non-hydrogen) atoms. The predicted molar refractivity (Wildman–Crippen MR) is 65.1 cm³/mol. The van der Waals surface area contributed by atoms with Gasteiger partial charge in [-0.25, -0.2) is 0 Å². The van der Waals surface area contributed by atoms with Crippen LogP contribution in [0, 0.1) is 0 Å². The summed E-state index contributed by atoms with van der Waals surface area (Å²) < 4.78 is 0. The second-order valence-electron chi connectivity index (χ2n) is 5.14. The first-order valence-corrected chi connectivity index (χ1v) is 6.84. The van der Waals surface area contributed by atoms with Crippen LogP contribution >= 0.6 is 0 Å². The van der Waals surface area contributed by atoms with Crippen LogP contribution in [0.5, 0.6) is 0 Å². The van der Waals surface area contributed by atoms with Crippen molar-refractivity contribution in [3.05, 3.63) is 0 Å². The standard InChI is InChI=1S/C13H26N2/c1-3-14-11-6-5-7-13(10-11)15(4-2)12-8-9-12/h11-14H,3-10H2,1-2H3. The topological polar surface area (TPSA) is 15.3 Å². The van der Waals surface area contributed by atoms with E-state index >= 15 is 0 Å². The zero-order chi connectivity index (χ0) is 10.7. The lowest BCUT2D eigenvalue weighted by atomic mass is 9.89. The van der Waals surface area contributed by atoms with Crippen molar-refractivity contribution < 1.29 is 0 Å². The minimum atomic E-state index is 0.793. The largest absolute Gasteiger partial charge is 0.314 e. The Bertz CT molecular complexity index is 187. The zero-order valence-corrected chi connectivity index (χ0v) is 10.3. The molecule has 2 nitrogen and oxygen atoms in total. The Kier molecular flexibility index (Phi) is 4.04. The summed E-state index contributed by atoms with van der Waals surface area (Å²) in [7, 11) is 0. The Hall–Kier alpha value is -0.0800. The van der Waals surface area contributed by atoms with Gasteiger partial charge < -0.3 is 5.32 Å². The van der Waals surface area contributed by atoms with E-state index in [9.17, 15) is 0 Å². The molecular weight excluding hydrogens is 184 g/mol. The summed E-state index contributed by atoms with van der Waals surface area (Å²) in [5.41, 5.74) is 0. The summed E-state index contributed by atoms with van der Waals surface area (Å²) in [6, 6.07) is 2.61. The summed E-state index contributed by atoms with van der Waals surface area (Å²) in [4.78, 5) is 2.77. The lowest BCUT2D eigenvalue weighted by Crippen LogP contribution is -2.45. The van der Waals surface area contributed by atoms with Crippen LogP contribution in [-0.2, 0) is 0 Å². The molecule has 2 fully saturated rings. The Labute approximate surface area is 94.4 Å². The van der Waals surface area contributed by atoms with E-state index in [2.05, 4.69) is 24.1 Å². The van der Waals surface area contributed by atoms with Crippen molar-refractivity contribution in [2.75, 3.05) is 13.1 Å². The van der Waals surface area contributed by atoms with E-state index in [1.54, 1.807) is 0 Å². The van der Waals surface area contributed by atoms with Crippen LogP contribution in [0.25, 0.3) is 0 Å². The SMILES string of the molecule is CCNC1CCCC(N(CC)C2CC2)C1. The molecule has 2 unspecified atom stereocenters. The molecule has 2 rings (SSSR count). The average molecular weight is 210 g/mol. The average Bonchev–Trinajstić information content (AvgIpc) is 3.04. The molecule has 0 aliphatic heterocycles. The van der Waals surface area contributed by atoms with Gasteiger partial charge in [-0.05, 0) is 45.2 Å². The van der Waals surface area contributed by atoms with Gasteiger partial charge >= 0.3 is 0 Å². The Balaban J connectivity index is 1.84. The molecule has 88 valence electrons. The fraction of sp³-hybridized carbons (Fsp3) is 1.00. The molecule has 0 aromatic rings. The van der Waals surface area contributed by atoms with Gasteiger partial charge in [0.05, 0.1) is 0 Å². The van der Waals surface area contributed by atoms with E-state index in [0.29, 0.717) is 0 Å². The molecule has 0 aromatic heterocycles. The molecule has 1 N–H and O–H groups in total. The summed E-state index contributed by atoms with van der Waals surface area (Å²) in [6.07, 6.45) is 8.55. The van der Waals surface area contributed by atoms with Crippen LogP contribution in [0.2, 0.25) is 0 Å². The monoisotopic (exact) mass is 210 g/mol. The van der Waals surface area contributed by atoms with Crippen LogP contribution in [0.4, 0.5) is 0 Å². The highest BCUT2D eigenvalue weighted by molar-refractivity contribution is 4.91. The van der Waals surface area contributed by atoms with Crippen molar-refractivity contribution in [3.63, 3.8) is 0 Å². The van der Waals surface area contributed by atoms with Crippen molar-refractivity contribution in [3.8, 4) is 0 Å². The third-order valence-electron chi connectivity index (χ3n) is 3.99. The minimum Gasteiger partial charge on any atom is -0.314 e. The Morgan fingerprint density at radius 1 is 1.07 bits per heavy atom. The molecule has 0 bridgehead atoms. The lowest BCUT2D eigenvalue weighted by molar-refractivity contribution is 0.138. The van der Waals surface area contributed by atoms with E-state index < -0.39 is 0 Å². The molecule has 2 aliphatic carbocycles. The van der Waals surface area contributed by atoms with Crippen LogP contribution in [0.3, 0.4) is 0 Å². The number of nitrogens with zero attached hydrogens (tertiary/aromatic N) is 1. The van der Waals surface area contributed by atoms with Gasteiger partial charge in [0.15, 0.2) is 0 Å². The van der Waals surface area contributed by atoms with Gasteiger partial charge in [0.25, 0.3) is 0 Å². The molecule has 0 spiro atoms. The van der Waals surface area contributed by atoms with Crippen LogP contribution in [0.1, 0.15) is 52.4 Å². The molecule has 2 saturated carbocycles. The summed E-state index contributed by atoms with van der Waals surface area (Å²) >= 11 is 0. The Morgan fingerprint density at radius 3 is 2.47 bits per heavy atom. The van der Waals surface area contributed by atoms with E-state index in [1.807, 2.05) is 0 Å². The third-order valence-corrected chi connectivity index (χ3v) is 3.99. The smallest absolute Gasteiger partial charge is 0.0113 e. The van der Waals surface area contributed by atoms with Crippen molar-refractivity contribution >= 4 is 0 Å². The van der Waals surface area contributed by atoms with Gasteiger partial charge in [0, 0.05) is 18.1 Å². The highest BCUT2D eigenvalue weighted by Gasteiger charge is 2.34. The molecule has 2 atom stereocenters. The van der Waals surface area contributed by atoms with Gasteiger partial charge in [-0.1, -0.05) is 20.3 Å². The molecule has 0 radical (unpaired) electrons. The third kappa shape index (κ3) is 2.94. The second kappa shape index (κ2) is 5.31. The summed E-state index contributed by atoms with van der Waals surface area (Å²) in [6.45, 7) is 6.94. The zero-order valence-electron chi connectivity index (χ0n) is 10.3. The maximum atomic E-state index is 3.63. The van der Waals surface area contributed by atoms with Crippen LogP contribution < -0.4 is 5.32 Å². The molecule has 0 heterocycles. The fourth-order valence-electron chi connectivity index (χ4n) is 3.16. The number of nitrogens with one attached hydrogen (secondary N) is 1. The van der Waals surface area contributed by atoms with E-state index in [0.717, 1.165) is 24.7 Å². The summed E-state index contributed by atoms with van der Waals surface area (Å²) in [5, 5.41) is 3.63. The fourth-order valence-corrected chi connectivity index (χ4v) is 3.16. The number of hydrogen-bond donors (Lipinski definition) is 1. The van der Waals surface area contributed by atoms with Crippen molar-refractivity contribution in [2.24, 2.45) is 0 Å². The first-order valence-electron chi connectivity index (χ1n) is 6.84. The number of hydrogen-bond acceptors (Lipinski definition) is 2. The Morgan fingerprint density at radius 2 is 1.87 bits per heavy atom. The van der Waals surface area contributed by atoms with Crippen LogP contribution in [-0.4, -0.2) is 36.1 Å². The molecule has 0 aromatic carbocycles. The molecule has 0 saturated heterocycles. The van der Waals surface area contributed by atoms with Gasteiger partial charge in [-0.3, -0.25) is 4.90 Å². The molecule has 2 aliphatic rings. The normalized spacial score (nSPS) is 32.2.